The van der Waals surface area contributed by atoms with E-state index in [0.717, 1.165) is 25.7 Å². The third-order valence-electron chi connectivity index (χ3n) is 6.50. The van der Waals surface area contributed by atoms with Crippen molar-refractivity contribution in [1.29, 1.82) is 0 Å². The molecule has 8 heteroatoms. The maximum Gasteiger partial charge on any atom is 0.233 e. The molecule has 0 spiro atoms. The van der Waals surface area contributed by atoms with Gasteiger partial charge in [0.15, 0.2) is 11.6 Å². The van der Waals surface area contributed by atoms with Crippen LogP contribution in [0.25, 0.3) is 0 Å². The van der Waals surface area contributed by atoms with Gasteiger partial charge in [0.2, 0.25) is 17.8 Å². The zero-order valence-electron chi connectivity index (χ0n) is 19.2. The molecule has 3 N–H and O–H groups in total. The second-order valence-electron chi connectivity index (χ2n) is 9.23. The fraction of sp³-hybridized carbons (Fsp3) is 0.625. The van der Waals surface area contributed by atoms with E-state index in [2.05, 4.69) is 37.8 Å². The average molecular weight is 443 g/mol. The minimum Gasteiger partial charge on any atom is -0.494 e. The highest BCUT2D eigenvalue weighted by molar-refractivity contribution is 5.57. The summed E-state index contributed by atoms with van der Waals surface area (Å²) in [5.41, 5.74) is 0.562. The molecule has 0 bridgehead atoms. The van der Waals surface area contributed by atoms with Crippen LogP contribution in [0.4, 0.5) is 27.9 Å². The Bertz CT molecular complexity index is 865. The average Bonchev–Trinajstić information content (AvgIpc) is 3.02. The van der Waals surface area contributed by atoms with Crippen molar-refractivity contribution in [2.75, 3.05) is 23.1 Å². The molecule has 2 aliphatic rings. The lowest BCUT2D eigenvalue weighted by atomic mass is 9.87. The molecule has 2 atom stereocenters. The van der Waals surface area contributed by atoms with Gasteiger partial charge in [-0.1, -0.05) is 45.4 Å². The second-order valence-corrected chi connectivity index (χ2v) is 9.23. The maximum absolute atomic E-state index is 14.2. The standard InChI is InChI=1S/C24H35FN6O/c1-16-8-7-11-18(14-16)27-23-29-22(26-17-9-5-3-4-6-10-17)30-24(31-23)28-19-12-13-21(32-2)20(25)15-19/h12-13,15-18H,3-11,14H2,1-2H3,(H3,26,27,28,29,30,31). The van der Waals surface area contributed by atoms with Gasteiger partial charge in [-0.2, -0.15) is 15.0 Å². The van der Waals surface area contributed by atoms with Gasteiger partial charge in [0.1, 0.15) is 0 Å². The number of nitrogens with one attached hydrogen (secondary N) is 3. The predicted octanol–water partition coefficient (Wildman–Crippen LogP) is 5.89. The minimum atomic E-state index is -0.432. The van der Waals surface area contributed by atoms with Crippen molar-refractivity contribution in [3.05, 3.63) is 24.0 Å². The van der Waals surface area contributed by atoms with Crippen LogP contribution in [0.5, 0.6) is 5.75 Å². The lowest BCUT2D eigenvalue weighted by molar-refractivity contribution is 0.357. The number of halogens is 1. The molecule has 32 heavy (non-hydrogen) atoms. The third-order valence-corrected chi connectivity index (χ3v) is 6.50. The van der Waals surface area contributed by atoms with Gasteiger partial charge in [0.25, 0.3) is 0 Å². The van der Waals surface area contributed by atoms with E-state index >= 15 is 0 Å². The Morgan fingerprint density at radius 3 is 2.16 bits per heavy atom. The number of benzene rings is 1. The minimum absolute atomic E-state index is 0.204. The fourth-order valence-corrected chi connectivity index (χ4v) is 4.79. The lowest BCUT2D eigenvalue weighted by Gasteiger charge is -2.27. The Balaban J connectivity index is 1.55. The molecule has 174 valence electrons. The van der Waals surface area contributed by atoms with E-state index in [0.29, 0.717) is 41.5 Å². The van der Waals surface area contributed by atoms with Gasteiger partial charge in [-0.05, 0) is 43.7 Å². The summed E-state index contributed by atoms with van der Waals surface area (Å²) < 4.78 is 19.2. The monoisotopic (exact) mass is 442 g/mol. The second kappa shape index (κ2) is 10.8. The summed E-state index contributed by atoms with van der Waals surface area (Å²) in [6.45, 7) is 2.30. The summed E-state index contributed by atoms with van der Waals surface area (Å²) in [6, 6.07) is 5.45. The van der Waals surface area contributed by atoms with Crippen molar-refractivity contribution in [2.24, 2.45) is 5.92 Å². The predicted molar refractivity (Wildman–Crippen MR) is 126 cm³/mol. The molecule has 1 heterocycles. The van der Waals surface area contributed by atoms with Crippen molar-refractivity contribution in [1.82, 2.24) is 15.0 Å². The Kier molecular flexibility index (Phi) is 7.60. The van der Waals surface area contributed by atoms with E-state index in [1.165, 1.54) is 51.7 Å². The molecule has 1 aromatic heterocycles. The zero-order chi connectivity index (χ0) is 22.3. The smallest absolute Gasteiger partial charge is 0.233 e. The molecule has 0 saturated heterocycles. The molecule has 7 nitrogen and oxygen atoms in total. The number of methoxy groups -OCH3 is 1. The number of rotatable bonds is 7. The van der Waals surface area contributed by atoms with Crippen LogP contribution >= 0.6 is 0 Å². The number of anilines is 4. The van der Waals surface area contributed by atoms with E-state index in [-0.39, 0.29) is 5.75 Å². The first kappa shape index (κ1) is 22.6. The quantitative estimate of drug-likeness (QED) is 0.461. The van der Waals surface area contributed by atoms with Crippen LogP contribution in [0, 0.1) is 11.7 Å². The van der Waals surface area contributed by atoms with Crippen molar-refractivity contribution in [3.63, 3.8) is 0 Å². The van der Waals surface area contributed by atoms with E-state index < -0.39 is 5.82 Å². The van der Waals surface area contributed by atoms with Crippen molar-refractivity contribution in [3.8, 4) is 5.75 Å². The van der Waals surface area contributed by atoms with Gasteiger partial charge in [0.05, 0.1) is 7.11 Å². The van der Waals surface area contributed by atoms with Gasteiger partial charge >= 0.3 is 0 Å². The molecule has 2 saturated carbocycles. The van der Waals surface area contributed by atoms with Crippen LogP contribution in [-0.2, 0) is 0 Å². The summed E-state index contributed by atoms with van der Waals surface area (Å²) in [4.78, 5) is 13.9. The van der Waals surface area contributed by atoms with Crippen LogP contribution < -0.4 is 20.7 Å². The molecule has 0 radical (unpaired) electrons. The lowest BCUT2D eigenvalue weighted by Crippen LogP contribution is -2.28. The van der Waals surface area contributed by atoms with Crippen LogP contribution in [0.3, 0.4) is 0 Å². The Morgan fingerprint density at radius 2 is 1.50 bits per heavy atom. The van der Waals surface area contributed by atoms with Crippen LogP contribution in [0.15, 0.2) is 18.2 Å². The highest BCUT2D eigenvalue weighted by Crippen LogP contribution is 2.27. The first-order valence-electron chi connectivity index (χ1n) is 12.0. The summed E-state index contributed by atoms with van der Waals surface area (Å²) in [7, 11) is 1.45. The molecule has 2 unspecified atom stereocenters. The number of nitrogens with zero attached hydrogens (tertiary/aromatic N) is 3. The summed E-state index contributed by atoms with van der Waals surface area (Å²) in [5.74, 6) is 1.99. The molecular weight excluding hydrogens is 407 g/mol. The highest BCUT2D eigenvalue weighted by Gasteiger charge is 2.21. The molecule has 4 rings (SSSR count). The molecular formula is C24H35FN6O. The molecule has 2 aromatic rings. The van der Waals surface area contributed by atoms with Crippen molar-refractivity contribution < 1.29 is 9.13 Å². The Hall–Kier alpha value is -2.64. The van der Waals surface area contributed by atoms with Crippen LogP contribution in [-0.4, -0.2) is 34.1 Å². The first-order valence-corrected chi connectivity index (χ1v) is 12.0. The van der Waals surface area contributed by atoms with E-state index in [1.54, 1.807) is 12.1 Å². The van der Waals surface area contributed by atoms with Gasteiger partial charge < -0.3 is 20.7 Å². The van der Waals surface area contributed by atoms with Gasteiger partial charge in [-0.3, -0.25) is 0 Å². The van der Waals surface area contributed by atoms with Crippen LogP contribution in [0.2, 0.25) is 0 Å². The number of ether oxygens (including phenoxy) is 1. The Morgan fingerprint density at radius 1 is 0.844 bits per heavy atom. The SMILES string of the molecule is COc1ccc(Nc2nc(NC3CCCCCC3)nc(NC3CCCC(C)C3)n2)cc1F. The van der Waals surface area contributed by atoms with E-state index in [4.69, 9.17) is 4.74 Å². The van der Waals surface area contributed by atoms with Crippen LogP contribution in [0.1, 0.15) is 71.1 Å². The topological polar surface area (TPSA) is 84.0 Å². The number of aromatic nitrogens is 3. The van der Waals surface area contributed by atoms with Gasteiger partial charge in [0, 0.05) is 23.8 Å². The first-order chi connectivity index (χ1) is 15.6. The maximum atomic E-state index is 14.2. The zero-order valence-corrected chi connectivity index (χ0v) is 19.2. The number of hydrogen-bond donors (Lipinski definition) is 3. The van der Waals surface area contributed by atoms with E-state index in [9.17, 15) is 4.39 Å². The molecule has 2 aliphatic carbocycles. The highest BCUT2D eigenvalue weighted by atomic mass is 19.1. The van der Waals surface area contributed by atoms with Crippen molar-refractivity contribution in [2.45, 2.75) is 83.2 Å². The molecule has 0 amide bonds. The molecule has 1 aromatic carbocycles. The van der Waals surface area contributed by atoms with Crippen molar-refractivity contribution >= 4 is 23.5 Å². The van der Waals surface area contributed by atoms with E-state index in [1.807, 2.05) is 0 Å². The Labute approximate surface area is 190 Å². The largest absolute Gasteiger partial charge is 0.494 e. The fourth-order valence-electron chi connectivity index (χ4n) is 4.79. The van der Waals surface area contributed by atoms with Gasteiger partial charge in [-0.25, -0.2) is 4.39 Å². The number of hydrogen-bond acceptors (Lipinski definition) is 7. The summed E-state index contributed by atoms with van der Waals surface area (Å²) in [6.07, 6.45) is 12.0. The summed E-state index contributed by atoms with van der Waals surface area (Å²) >= 11 is 0. The van der Waals surface area contributed by atoms with Gasteiger partial charge in [-0.15, -0.1) is 0 Å². The molecule has 0 aliphatic heterocycles. The molecule has 2 fully saturated rings. The normalized spacial score (nSPS) is 22.1. The summed E-state index contributed by atoms with van der Waals surface area (Å²) in [5, 5.41) is 10.2. The third kappa shape index (κ3) is 6.20.